The van der Waals surface area contributed by atoms with E-state index in [0.29, 0.717) is 0 Å². The van der Waals surface area contributed by atoms with Crippen molar-refractivity contribution in [1.29, 1.82) is 0 Å². The molecule has 0 aliphatic carbocycles. The summed E-state index contributed by atoms with van der Waals surface area (Å²) in [5, 5.41) is 24.3. The molecule has 2 heterocycles. The van der Waals surface area contributed by atoms with Crippen molar-refractivity contribution >= 4 is 12.0 Å². The van der Waals surface area contributed by atoms with Crippen LogP contribution in [0.2, 0.25) is 0 Å². The zero-order chi connectivity index (χ0) is 13.1. The van der Waals surface area contributed by atoms with Gasteiger partial charge in [0.1, 0.15) is 6.04 Å². The molecule has 9 nitrogen and oxygen atoms in total. The molecule has 98 valence electrons. The number of β-amino-alcohol motifs (C(OH)–C–C–N with tert-alkyl or cyclic N) is 1. The Balaban J connectivity index is 1.93. The molecule has 0 saturated carbocycles. The third-order valence-corrected chi connectivity index (χ3v) is 2.63. The molecule has 0 bridgehead atoms. The summed E-state index contributed by atoms with van der Waals surface area (Å²) in [6.07, 6.45) is 0.341. The van der Waals surface area contributed by atoms with Crippen molar-refractivity contribution in [3.63, 3.8) is 0 Å². The van der Waals surface area contributed by atoms with E-state index in [2.05, 4.69) is 20.0 Å². The maximum absolute atomic E-state index is 11.8. The number of hydrogen-bond acceptors (Lipinski definition) is 6. The number of likely N-dealkylation sites (tertiary alicyclic amines) is 1. The van der Waals surface area contributed by atoms with Gasteiger partial charge in [0.05, 0.1) is 12.6 Å². The lowest BCUT2D eigenvalue weighted by Crippen LogP contribution is -2.46. The molecule has 1 aromatic rings. The summed E-state index contributed by atoms with van der Waals surface area (Å²) in [7, 11) is 0. The number of aromatic nitrogens is 2. The Kier molecular flexibility index (Phi) is 3.42. The second kappa shape index (κ2) is 5.00. The number of aliphatic hydroxyl groups excluding tert-OH is 1. The Morgan fingerprint density at radius 3 is 3.00 bits per heavy atom. The number of hydrogen-bond donors (Lipinski definition) is 3. The monoisotopic (exact) mass is 256 g/mol. The van der Waals surface area contributed by atoms with E-state index in [1.54, 1.807) is 0 Å². The van der Waals surface area contributed by atoms with E-state index in [1.165, 1.54) is 0 Å². The molecule has 2 amide bonds. The van der Waals surface area contributed by atoms with Gasteiger partial charge in [0.25, 0.3) is 0 Å². The number of carbonyl (C=O) groups excluding carboxylic acids is 1. The fourth-order valence-electron chi connectivity index (χ4n) is 1.80. The molecule has 0 spiro atoms. The fraction of sp³-hybridized carbons (Fsp3) is 0.556. The van der Waals surface area contributed by atoms with Crippen LogP contribution in [-0.2, 0) is 11.3 Å². The molecular formula is C9H12N4O5. The van der Waals surface area contributed by atoms with Crippen LogP contribution in [0.3, 0.4) is 0 Å². The van der Waals surface area contributed by atoms with Gasteiger partial charge in [-0.05, 0) is 0 Å². The van der Waals surface area contributed by atoms with Gasteiger partial charge < -0.3 is 25.0 Å². The minimum absolute atomic E-state index is 0.00492. The van der Waals surface area contributed by atoms with Gasteiger partial charge in [-0.3, -0.25) is 0 Å². The molecule has 1 fully saturated rings. The van der Waals surface area contributed by atoms with Crippen LogP contribution in [-0.4, -0.2) is 55.9 Å². The van der Waals surface area contributed by atoms with Crippen LogP contribution in [0, 0.1) is 0 Å². The Labute approximate surface area is 101 Å². The topological polar surface area (TPSA) is 129 Å². The standard InChI is InChI=1S/C9H12N4O5/c14-5-1-6(8(15)16)13(3-5)9(17)10-2-7-11-4-18-12-7/h4-6,14H,1-3H2,(H,10,17)(H,15,16). The Bertz CT molecular complexity index is 434. The maximum Gasteiger partial charge on any atom is 0.326 e. The molecule has 0 aromatic carbocycles. The number of nitrogens with zero attached hydrogens (tertiary/aromatic N) is 3. The number of aliphatic carboxylic acids is 1. The molecule has 2 atom stereocenters. The molecular weight excluding hydrogens is 244 g/mol. The lowest BCUT2D eigenvalue weighted by molar-refractivity contribution is -0.141. The predicted octanol–water partition coefficient (Wildman–Crippen LogP) is -1.20. The zero-order valence-corrected chi connectivity index (χ0v) is 9.31. The van der Waals surface area contributed by atoms with Gasteiger partial charge in [0.2, 0.25) is 6.39 Å². The largest absolute Gasteiger partial charge is 0.480 e. The highest BCUT2D eigenvalue weighted by Gasteiger charge is 2.38. The summed E-state index contributed by atoms with van der Waals surface area (Å²) in [6.45, 7) is 0.0311. The van der Waals surface area contributed by atoms with Crippen LogP contribution in [0.5, 0.6) is 0 Å². The van der Waals surface area contributed by atoms with E-state index in [9.17, 15) is 14.7 Å². The third-order valence-electron chi connectivity index (χ3n) is 2.63. The minimum atomic E-state index is -1.14. The van der Waals surface area contributed by atoms with Crippen LogP contribution >= 0.6 is 0 Å². The second-order valence-corrected chi connectivity index (χ2v) is 3.90. The van der Waals surface area contributed by atoms with Gasteiger partial charge in [0, 0.05) is 13.0 Å². The first-order valence-corrected chi connectivity index (χ1v) is 5.28. The van der Waals surface area contributed by atoms with Crippen molar-refractivity contribution in [2.24, 2.45) is 0 Å². The Morgan fingerprint density at radius 1 is 1.61 bits per heavy atom. The molecule has 3 N–H and O–H groups in total. The molecule has 18 heavy (non-hydrogen) atoms. The van der Waals surface area contributed by atoms with Gasteiger partial charge in [-0.2, -0.15) is 4.98 Å². The van der Waals surface area contributed by atoms with Crippen LogP contribution < -0.4 is 5.32 Å². The smallest absolute Gasteiger partial charge is 0.326 e. The van der Waals surface area contributed by atoms with Gasteiger partial charge in [0.15, 0.2) is 5.82 Å². The van der Waals surface area contributed by atoms with E-state index in [1.807, 2.05) is 0 Å². The van der Waals surface area contributed by atoms with Crippen molar-refractivity contribution < 1.29 is 24.3 Å². The lowest BCUT2D eigenvalue weighted by Gasteiger charge is -2.20. The fourth-order valence-corrected chi connectivity index (χ4v) is 1.80. The van der Waals surface area contributed by atoms with Crippen molar-refractivity contribution in [2.45, 2.75) is 25.1 Å². The van der Waals surface area contributed by atoms with Gasteiger partial charge in [-0.1, -0.05) is 5.16 Å². The van der Waals surface area contributed by atoms with Gasteiger partial charge >= 0.3 is 12.0 Å². The van der Waals surface area contributed by atoms with E-state index in [0.717, 1.165) is 11.3 Å². The number of carboxylic acids is 1. The van der Waals surface area contributed by atoms with Crippen molar-refractivity contribution in [3.8, 4) is 0 Å². The first-order valence-electron chi connectivity index (χ1n) is 5.28. The highest BCUT2D eigenvalue weighted by molar-refractivity contribution is 5.83. The van der Waals surface area contributed by atoms with Crippen LogP contribution in [0.4, 0.5) is 4.79 Å². The van der Waals surface area contributed by atoms with Gasteiger partial charge in [-0.25, -0.2) is 9.59 Å². The van der Waals surface area contributed by atoms with Crippen molar-refractivity contribution in [3.05, 3.63) is 12.2 Å². The van der Waals surface area contributed by atoms with E-state index in [-0.39, 0.29) is 25.3 Å². The summed E-state index contributed by atoms with van der Waals surface area (Å²) >= 11 is 0. The van der Waals surface area contributed by atoms with E-state index < -0.39 is 24.1 Å². The number of urea groups is 1. The molecule has 9 heteroatoms. The molecule has 2 rings (SSSR count). The quantitative estimate of drug-likeness (QED) is 0.619. The Hall–Kier alpha value is -2.16. The zero-order valence-electron chi connectivity index (χ0n) is 9.31. The second-order valence-electron chi connectivity index (χ2n) is 3.90. The van der Waals surface area contributed by atoms with Gasteiger partial charge in [-0.15, -0.1) is 0 Å². The van der Waals surface area contributed by atoms with Crippen LogP contribution in [0.25, 0.3) is 0 Å². The van der Waals surface area contributed by atoms with E-state index >= 15 is 0 Å². The first kappa shape index (κ1) is 12.3. The number of aliphatic hydroxyl groups is 1. The molecule has 1 aliphatic rings. The summed E-state index contributed by atoms with van der Waals surface area (Å²) < 4.78 is 4.49. The number of amides is 2. The number of carbonyl (C=O) groups is 2. The summed E-state index contributed by atoms with van der Waals surface area (Å²) in [4.78, 5) is 27.5. The van der Waals surface area contributed by atoms with Crippen molar-refractivity contribution in [1.82, 2.24) is 20.4 Å². The van der Waals surface area contributed by atoms with Crippen molar-refractivity contribution in [2.75, 3.05) is 6.54 Å². The summed E-state index contributed by atoms with van der Waals surface area (Å²) in [5.74, 6) is -0.851. The highest BCUT2D eigenvalue weighted by Crippen LogP contribution is 2.18. The summed E-state index contributed by atoms with van der Waals surface area (Å²) in [6, 6.07) is -1.59. The summed E-state index contributed by atoms with van der Waals surface area (Å²) in [5.41, 5.74) is 0. The average molecular weight is 256 g/mol. The number of carboxylic acid groups (broad SMARTS) is 1. The lowest BCUT2D eigenvalue weighted by atomic mass is 10.2. The molecule has 0 radical (unpaired) electrons. The number of rotatable bonds is 3. The van der Waals surface area contributed by atoms with E-state index in [4.69, 9.17) is 5.11 Å². The highest BCUT2D eigenvalue weighted by atomic mass is 16.5. The van der Waals surface area contributed by atoms with Crippen LogP contribution in [0.15, 0.2) is 10.9 Å². The molecule has 2 unspecified atom stereocenters. The molecule has 1 aliphatic heterocycles. The molecule has 1 aromatic heterocycles. The first-order chi connectivity index (χ1) is 8.58. The SMILES string of the molecule is O=C(O)C1CC(O)CN1C(=O)NCc1ncon1. The molecule has 1 saturated heterocycles. The average Bonchev–Trinajstić information content (AvgIpc) is 2.94. The third kappa shape index (κ3) is 2.56. The number of nitrogens with one attached hydrogen (secondary N) is 1. The minimum Gasteiger partial charge on any atom is -0.480 e. The van der Waals surface area contributed by atoms with Crippen LogP contribution in [0.1, 0.15) is 12.2 Å². The predicted molar refractivity (Wildman–Crippen MR) is 55.3 cm³/mol. The normalized spacial score (nSPS) is 23.1. The Morgan fingerprint density at radius 2 is 2.39 bits per heavy atom. The maximum atomic E-state index is 11.8.